The molecule has 0 spiro atoms. The van der Waals surface area contributed by atoms with E-state index in [1.165, 1.54) is 12.1 Å². The Kier molecular flexibility index (Phi) is 7.17. The van der Waals surface area contributed by atoms with Crippen LogP contribution in [0.5, 0.6) is 0 Å². The van der Waals surface area contributed by atoms with E-state index in [4.69, 9.17) is 0 Å². The molecule has 0 N–H and O–H groups in total. The van der Waals surface area contributed by atoms with Crippen LogP contribution in [0, 0.1) is 5.82 Å². The summed E-state index contributed by atoms with van der Waals surface area (Å²) in [6.07, 6.45) is 3.97. The zero-order valence-corrected chi connectivity index (χ0v) is 11.6. The minimum Gasteiger partial charge on any atom is -0.769 e. The molecule has 104 valence electrons. The number of halogens is 1. The fourth-order valence-corrected chi connectivity index (χ4v) is 1.33. The van der Waals surface area contributed by atoms with E-state index in [0.717, 1.165) is 16.5 Å². The monoisotopic (exact) mass is 289 g/mol. The average Bonchev–Trinajstić information content (AvgIpc) is 2.48. The summed E-state index contributed by atoms with van der Waals surface area (Å²) in [5.41, 5.74) is 2.14. The minimum atomic E-state index is -2.06. The smallest absolute Gasteiger partial charge is 0.123 e. The van der Waals surface area contributed by atoms with Crippen molar-refractivity contribution in [3.63, 3.8) is 0 Å². The van der Waals surface area contributed by atoms with E-state index < -0.39 is 11.1 Å². The molecule has 2 rings (SSSR count). The van der Waals surface area contributed by atoms with E-state index in [-0.39, 0.29) is 5.82 Å². The van der Waals surface area contributed by atoms with Gasteiger partial charge in [-0.05, 0) is 39.7 Å². The van der Waals surface area contributed by atoms with Crippen LogP contribution in [-0.4, -0.2) is 8.76 Å². The molecule has 0 aliphatic heterocycles. The normalized spacial score (nSPS) is 11.5. The summed E-state index contributed by atoms with van der Waals surface area (Å²) in [7, 11) is 0. The Hall–Kier alpha value is -2.04. The molecule has 2 aromatic rings. The van der Waals surface area contributed by atoms with Crippen molar-refractivity contribution >= 4 is 23.2 Å². The molecule has 1 atom stereocenters. The van der Waals surface area contributed by atoms with Crippen molar-refractivity contribution in [1.29, 1.82) is 0 Å². The van der Waals surface area contributed by atoms with Crippen molar-refractivity contribution in [1.82, 2.24) is 0 Å². The Balaban J connectivity index is 0.000000347. The van der Waals surface area contributed by atoms with Crippen LogP contribution in [0.1, 0.15) is 11.1 Å². The van der Waals surface area contributed by atoms with Crippen molar-refractivity contribution in [2.45, 2.75) is 0 Å². The van der Waals surface area contributed by atoms with Crippen LogP contribution in [0.4, 0.5) is 4.39 Å². The summed E-state index contributed by atoms with van der Waals surface area (Å²) in [6.45, 7) is 2.95. The van der Waals surface area contributed by atoms with Gasteiger partial charge in [0.2, 0.25) is 0 Å². The van der Waals surface area contributed by atoms with Gasteiger partial charge in [-0.15, -0.1) is 0 Å². The standard InChI is InChI=1S/C14H11F.C2H4O2S/c15-14-10-8-13(9-11-14)7-6-12-4-2-1-3-5-12;1-2-5(3)4/h1-11H;2H,1H2,(H,3,4)/p-1/b7-6+;. The van der Waals surface area contributed by atoms with E-state index in [1.807, 2.05) is 42.5 Å². The molecule has 0 aromatic heterocycles. The maximum atomic E-state index is 12.6. The molecule has 0 saturated carbocycles. The maximum Gasteiger partial charge on any atom is 0.123 e. The van der Waals surface area contributed by atoms with E-state index in [9.17, 15) is 13.2 Å². The molecular formula is C16H14FO2S-. The van der Waals surface area contributed by atoms with Crippen LogP contribution in [0.15, 0.2) is 66.6 Å². The Bertz CT molecular complexity index is 577. The number of hydrogen-bond acceptors (Lipinski definition) is 2. The Labute approximate surface area is 120 Å². The van der Waals surface area contributed by atoms with Gasteiger partial charge in [0, 0.05) is 0 Å². The molecule has 0 bridgehead atoms. The molecule has 20 heavy (non-hydrogen) atoms. The highest BCUT2D eigenvalue weighted by molar-refractivity contribution is 7.82. The zero-order chi connectivity index (χ0) is 14.8. The summed E-state index contributed by atoms with van der Waals surface area (Å²) in [4.78, 5) is 0. The lowest BCUT2D eigenvalue weighted by molar-refractivity contribution is 0.546. The van der Waals surface area contributed by atoms with Gasteiger partial charge < -0.3 is 4.55 Å². The summed E-state index contributed by atoms with van der Waals surface area (Å²) < 4.78 is 31.1. The van der Waals surface area contributed by atoms with Gasteiger partial charge in [0.05, 0.1) is 0 Å². The fraction of sp³-hybridized carbons (Fsp3) is 0. The second-order valence-corrected chi connectivity index (χ2v) is 4.58. The lowest BCUT2D eigenvalue weighted by Gasteiger charge is -1.93. The summed E-state index contributed by atoms with van der Waals surface area (Å²) >= 11 is -2.06. The third-order valence-corrected chi connectivity index (χ3v) is 2.55. The topological polar surface area (TPSA) is 40.1 Å². The molecule has 0 saturated heterocycles. The quantitative estimate of drug-likeness (QED) is 0.633. The van der Waals surface area contributed by atoms with Crippen molar-refractivity contribution in [2.75, 3.05) is 0 Å². The molecule has 2 aromatic carbocycles. The lowest BCUT2D eigenvalue weighted by atomic mass is 10.1. The van der Waals surface area contributed by atoms with Gasteiger partial charge in [-0.3, -0.25) is 4.21 Å². The molecule has 4 heteroatoms. The minimum absolute atomic E-state index is 0.202. The highest BCUT2D eigenvalue weighted by atomic mass is 32.2. The van der Waals surface area contributed by atoms with E-state index in [2.05, 4.69) is 6.58 Å². The van der Waals surface area contributed by atoms with Gasteiger partial charge in [0.1, 0.15) is 5.82 Å². The summed E-state index contributed by atoms with van der Waals surface area (Å²) in [6, 6.07) is 16.5. The van der Waals surface area contributed by atoms with Crippen LogP contribution in [0.2, 0.25) is 0 Å². The van der Waals surface area contributed by atoms with Crippen LogP contribution in [-0.2, 0) is 11.1 Å². The van der Waals surface area contributed by atoms with Crippen molar-refractivity contribution in [2.24, 2.45) is 0 Å². The van der Waals surface area contributed by atoms with Crippen molar-refractivity contribution < 1.29 is 13.2 Å². The molecular weight excluding hydrogens is 275 g/mol. The number of rotatable bonds is 3. The van der Waals surface area contributed by atoms with E-state index >= 15 is 0 Å². The predicted molar refractivity (Wildman–Crippen MR) is 80.9 cm³/mol. The molecule has 0 radical (unpaired) electrons. The second-order valence-electron chi connectivity index (χ2n) is 3.72. The van der Waals surface area contributed by atoms with Crippen molar-refractivity contribution in [3.05, 3.63) is 83.5 Å². The molecule has 2 nitrogen and oxygen atoms in total. The Morgan fingerprint density at radius 2 is 1.40 bits per heavy atom. The van der Waals surface area contributed by atoms with Crippen LogP contribution in [0.3, 0.4) is 0 Å². The first-order valence-electron chi connectivity index (χ1n) is 5.81. The second kappa shape index (κ2) is 8.96. The predicted octanol–water partition coefficient (Wildman–Crippen LogP) is 4.01. The van der Waals surface area contributed by atoms with Crippen LogP contribution >= 0.6 is 0 Å². The molecule has 0 amide bonds. The van der Waals surface area contributed by atoms with Gasteiger partial charge in [-0.1, -0.05) is 61.2 Å². The molecule has 0 fully saturated rings. The van der Waals surface area contributed by atoms with E-state index in [0.29, 0.717) is 0 Å². The largest absolute Gasteiger partial charge is 0.769 e. The van der Waals surface area contributed by atoms with Gasteiger partial charge in [-0.25, -0.2) is 4.39 Å². The number of benzene rings is 2. The first-order chi connectivity index (χ1) is 9.61. The molecule has 1 unspecified atom stereocenters. The zero-order valence-electron chi connectivity index (χ0n) is 10.7. The Morgan fingerprint density at radius 3 is 1.85 bits per heavy atom. The molecule has 0 aliphatic carbocycles. The van der Waals surface area contributed by atoms with Gasteiger partial charge in [-0.2, -0.15) is 0 Å². The van der Waals surface area contributed by atoms with Gasteiger partial charge in [0.25, 0.3) is 0 Å². The fourth-order valence-electron chi connectivity index (χ4n) is 1.33. The first kappa shape index (κ1) is 16.0. The Morgan fingerprint density at radius 1 is 0.950 bits per heavy atom. The molecule has 0 heterocycles. The third-order valence-electron chi connectivity index (χ3n) is 2.27. The van der Waals surface area contributed by atoms with Crippen molar-refractivity contribution in [3.8, 4) is 0 Å². The van der Waals surface area contributed by atoms with Crippen LogP contribution in [0.25, 0.3) is 12.2 Å². The van der Waals surface area contributed by atoms with E-state index in [1.54, 1.807) is 12.1 Å². The highest BCUT2D eigenvalue weighted by Crippen LogP contribution is 2.08. The maximum absolute atomic E-state index is 12.6. The average molecular weight is 289 g/mol. The SMILES string of the molecule is C=CS(=O)[O-].Fc1ccc(/C=C/c2ccccc2)cc1. The van der Waals surface area contributed by atoms with Crippen LogP contribution < -0.4 is 0 Å². The lowest BCUT2D eigenvalue weighted by Crippen LogP contribution is -1.74. The van der Waals surface area contributed by atoms with Gasteiger partial charge >= 0.3 is 0 Å². The third kappa shape index (κ3) is 6.78. The van der Waals surface area contributed by atoms with Gasteiger partial charge in [0.15, 0.2) is 0 Å². The summed E-state index contributed by atoms with van der Waals surface area (Å²) in [5.74, 6) is -0.202. The summed E-state index contributed by atoms with van der Waals surface area (Å²) in [5, 5.41) is 0.833. The molecule has 0 aliphatic rings. The number of hydrogen-bond donors (Lipinski definition) is 0. The highest BCUT2D eigenvalue weighted by Gasteiger charge is 1.89. The first-order valence-corrected chi connectivity index (χ1v) is 6.95.